The summed E-state index contributed by atoms with van der Waals surface area (Å²) in [5.41, 5.74) is 0.490. The van der Waals surface area contributed by atoms with Crippen molar-refractivity contribution in [2.75, 3.05) is 38.5 Å². The third-order valence-electron chi connectivity index (χ3n) is 3.93. The van der Waals surface area contributed by atoms with Gasteiger partial charge in [-0.3, -0.25) is 4.79 Å². The van der Waals surface area contributed by atoms with Crippen molar-refractivity contribution in [2.45, 2.75) is 26.2 Å². The van der Waals surface area contributed by atoms with Crippen LogP contribution in [0.5, 0.6) is 0 Å². The Morgan fingerprint density at radius 1 is 1.38 bits per heavy atom. The number of nitrogens with one attached hydrogen (secondary N) is 2. The number of hydrogen-bond donors (Lipinski definition) is 2. The van der Waals surface area contributed by atoms with Crippen LogP contribution in [-0.2, 0) is 0 Å². The lowest BCUT2D eigenvalue weighted by Crippen LogP contribution is -2.37. The molecule has 1 aromatic heterocycles. The highest BCUT2D eigenvalue weighted by Gasteiger charge is 2.17. The van der Waals surface area contributed by atoms with Gasteiger partial charge in [0.25, 0.3) is 5.91 Å². The number of amides is 1. The van der Waals surface area contributed by atoms with Gasteiger partial charge in [0.2, 0.25) is 0 Å². The summed E-state index contributed by atoms with van der Waals surface area (Å²) in [5.74, 6) is 1.28. The van der Waals surface area contributed by atoms with Crippen LogP contribution in [0.1, 0.15) is 36.7 Å². The Labute approximate surface area is 127 Å². The Bertz CT molecular complexity index is 455. The molecule has 0 bridgehead atoms. The smallest absolute Gasteiger partial charge is 0.269 e. The summed E-state index contributed by atoms with van der Waals surface area (Å²) in [5, 5.41) is 6.22. The molecule has 0 unspecified atom stereocenters. The van der Waals surface area contributed by atoms with Crippen molar-refractivity contribution in [2.24, 2.45) is 5.92 Å². The molecule has 116 valence electrons. The molecule has 21 heavy (non-hydrogen) atoms. The number of carbonyl (C=O) groups excluding carboxylic acids is 1. The highest BCUT2D eigenvalue weighted by Crippen LogP contribution is 2.15. The van der Waals surface area contributed by atoms with Gasteiger partial charge in [-0.05, 0) is 57.5 Å². The maximum Gasteiger partial charge on any atom is 0.269 e. The molecule has 2 rings (SSSR count). The third-order valence-corrected chi connectivity index (χ3v) is 3.93. The number of rotatable bonds is 6. The van der Waals surface area contributed by atoms with E-state index in [4.69, 9.17) is 0 Å². The standard InChI is InChI=1S/C16H26N4O/c1-3-9-17-15-6-4-5-14(19-15)16(21)18-12-13-7-10-20(2)11-8-13/h4-6,13H,3,7-12H2,1-2H3,(H,17,19)(H,18,21). The lowest BCUT2D eigenvalue weighted by molar-refractivity contribution is 0.0934. The Kier molecular flexibility index (Phi) is 5.99. The van der Waals surface area contributed by atoms with Crippen LogP contribution in [0.2, 0.25) is 0 Å². The highest BCUT2D eigenvalue weighted by molar-refractivity contribution is 5.92. The molecule has 0 spiro atoms. The molecule has 0 aromatic carbocycles. The normalized spacial score (nSPS) is 16.7. The maximum absolute atomic E-state index is 12.2. The molecule has 2 N–H and O–H groups in total. The molecule has 1 saturated heterocycles. The van der Waals surface area contributed by atoms with Crippen LogP contribution in [0, 0.1) is 5.92 Å². The van der Waals surface area contributed by atoms with Crippen LogP contribution in [-0.4, -0.2) is 49.0 Å². The van der Waals surface area contributed by atoms with Gasteiger partial charge in [-0.1, -0.05) is 13.0 Å². The summed E-state index contributed by atoms with van der Waals surface area (Å²) in [6, 6.07) is 5.53. The van der Waals surface area contributed by atoms with Gasteiger partial charge in [0.1, 0.15) is 11.5 Å². The largest absolute Gasteiger partial charge is 0.370 e. The number of hydrogen-bond acceptors (Lipinski definition) is 4. The second-order valence-electron chi connectivity index (χ2n) is 5.79. The van der Waals surface area contributed by atoms with E-state index < -0.39 is 0 Å². The molecule has 0 aliphatic carbocycles. The van der Waals surface area contributed by atoms with Gasteiger partial charge in [-0.25, -0.2) is 4.98 Å². The minimum atomic E-state index is -0.0749. The van der Waals surface area contributed by atoms with Gasteiger partial charge in [0.05, 0.1) is 0 Å². The summed E-state index contributed by atoms with van der Waals surface area (Å²) in [6.45, 7) is 5.96. The van der Waals surface area contributed by atoms with Crippen molar-refractivity contribution in [1.29, 1.82) is 0 Å². The second kappa shape index (κ2) is 7.98. The highest BCUT2D eigenvalue weighted by atomic mass is 16.1. The zero-order chi connectivity index (χ0) is 15.1. The van der Waals surface area contributed by atoms with Crippen LogP contribution < -0.4 is 10.6 Å². The van der Waals surface area contributed by atoms with E-state index in [2.05, 4.69) is 34.5 Å². The summed E-state index contributed by atoms with van der Waals surface area (Å²) in [7, 11) is 2.15. The Balaban J connectivity index is 1.82. The lowest BCUT2D eigenvalue weighted by atomic mass is 9.97. The van der Waals surface area contributed by atoms with Gasteiger partial charge < -0.3 is 15.5 Å². The Morgan fingerprint density at radius 2 is 2.14 bits per heavy atom. The first-order chi connectivity index (χ1) is 10.2. The predicted molar refractivity (Wildman–Crippen MR) is 85.6 cm³/mol. The predicted octanol–water partition coefficient (Wildman–Crippen LogP) is 1.98. The Morgan fingerprint density at radius 3 is 2.86 bits per heavy atom. The van der Waals surface area contributed by atoms with E-state index in [1.165, 1.54) is 0 Å². The first kappa shape index (κ1) is 15.8. The van der Waals surface area contributed by atoms with Gasteiger partial charge >= 0.3 is 0 Å². The minimum Gasteiger partial charge on any atom is -0.370 e. The van der Waals surface area contributed by atoms with Crippen molar-refractivity contribution < 1.29 is 4.79 Å². The third kappa shape index (κ3) is 5.01. The molecule has 1 aliphatic heterocycles. The number of piperidine rings is 1. The first-order valence-electron chi connectivity index (χ1n) is 7.86. The van der Waals surface area contributed by atoms with E-state index in [-0.39, 0.29) is 5.91 Å². The zero-order valence-electron chi connectivity index (χ0n) is 13.1. The van der Waals surface area contributed by atoms with E-state index in [1.54, 1.807) is 6.07 Å². The van der Waals surface area contributed by atoms with Crippen molar-refractivity contribution >= 4 is 11.7 Å². The van der Waals surface area contributed by atoms with Gasteiger partial charge in [0, 0.05) is 13.1 Å². The molecule has 2 heterocycles. The number of aromatic nitrogens is 1. The lowest BCUT2D eigenvalue weighted by Gasteiger charge is -2.28. The number of carbonyl (C=O) groups is 1. The fourth-order valence-corrected chi connectivity index (χ4v) is 2.51. The molecular formula is C16H26N4O. The number of nitrogens with zero attached hydrogens (tertiary/aromatic N) is 2. The average Bonchev–Trinajstić information content (AvgIpc) is 2.52. The second-order valence-corrected chi connectivity index (χ2v) is 5.79. The van der Waals surface area contributed by atoms with E-state index >= 15 is 0 Å². The van der Waals surface area contributed by atoms with Crippen molar-refractivity contribution in [3.63, 3.8) is 0 Å². The minimum absolute atomic E-state index is 0.0749. The quantitative estimate of drug-likeness (QED) is 0.841. The van der Waals surface area contributed by atoms with Crippen LogP contribution in [0.15, 0.2) is 18.2 Å². The molecule has 1 aromatic rings. The monoisotopic (exact) mass is 290 g/mol. The maximum atomic E-state index is 12.2. The summed E-state index contributed by atoms with van der Waals surface area (Å²) < 4.78 is 0. The van der Waals surface area contributed by atoms with Crippen LogP contribution in [0.3, 0.4) is 0 Å². The van der Waals surface area contributed by atoms with Crippen LogP contribution >= 0.6 is 0 Å². The van der Waals surface area contributed by atoms with Crippen LogP contribution in [0.25, 0.3) is 0 Å². The zero-order valence-corrected chi connectivity index (χ0v) is 13.1. The van der Waals surface area contributed by atoms with E-state index in [0.717, 1.165) is 51.3 Å². The molecule has 1 fully saturated rings. The Hall–Kier alpha value is -1.62. The molecule has 1 aliphatic rings. The van der Waals surface area contributed by atoms with Gasteiger partial charge in [-0.2, -0.15) is 0 Å². The van der Waals surface area contributed by atoms with Gasteiger partial charge in [0.15, 0.2) is 0 Å². The summed E-state index contributed by atoms with van der Waals surface area (Å²) in [4.78, 5) is 18.9. The van der Waals surface area contributed by atoms with Gasteiger partial charge in [-0.15, -0.1) is 0 Å². The van der Waals surface area contributed by atoms with Crippen molar-refractivity contribution in [1.82, 2.24) is 15.2 Å². The first-order valence-corrected chi connectivity index (χ1v) is 7.86. The number of pyridine rings is 1. The SMILES string of the molecule is CCCNc1cccc(C(=O)NCC2CCN(C)CC2)n1. The van der Waals surface area contributed by atoms with E-state index in [9.17, 15) is 4.79 Å². The summed E-state index contributed by atoms with van der Waals surface area (Å²) in [6.07, 6.45) is 3.35. The van der Waals surface area contributed by atoms with E-state index in [0.29, 0.717) is 11.6 Å². The molecular weight excluding hydrogens is 264 g/mol. The molecule has 5 nitrogen and oxygen atoms in total. The van der Waals surface area contributed by atoms with Crippen molar-refractivity contribution in [3.8, 4) is 0 Å². The summed E-state index contributed by atoms with van der Waals surface area (Å²) >= 11 is 0. The van der Waals surface area contributed by atoms with Crippen molar-refractivity contribution in [3.05, 3.63) is 23.9 Å². The van der Waals surface area contributed by atoms with E-state index in [1.807, 2.05) is 12.1 Å². The fraction of sp³-hybridized carbons (Fsp3) is 0.625. The van der Waals surface area contributed by atoms with Crippen LogP contribution in [0.4, 0.5) is 5.82 Å². The molecule has 5 heteroatoms. The topological polar surface area (TPSA) is 57.3 Å². The molecule has 0 radical (unpaired) electrons. The molecule has 0 saturated carbocycles. The average molecular weight is 290 g/mol. The fourth-order valence-electron chi connectivity index (χ4n) is 2.51. The number of anilines is 1. The number of likely N-dealkylation sites (tertiary alicyclic amines) is 1. The molecule has 1 amide bonds. The molecule has 0 atom stereocenters.